The number of hydrogen-bond acceptors (Lipinski definition) is 1. The highest BCUT2D eigenvalue weighted by Crippen LogP contribution is 2.17. The number of rotatable bonds is 6. The van der Waals surface area contributed by atoms with Crippen LogP contribution in [0.15, 0.2) is 0 Å². The summed E-state index contributed by atoms with van der Waals surface area (Å²) in [6, 6.07) is 0. The maximum Gasteiger partial charge on any atom is 0.135 e. The van der Waals surface area contributed by atoms with Crippen LogP contribution in [0.4, 0.5) is 0 Å². The Morgan fingerprint density at radius 1 is 1.25 bits per heavy atom. The van der Waals surface area contributed by atoms with Crippen LogP contribution in [0, 0.1) is 11.8 Å². The summed E-state index contributed by atoms with van der Waals surface area (Å²) in [4.78, 5) is 11.3. The fraction of sp³-hybridized carbons (Fsp3) is 0.909. The van der Waals surface area contributed by atoms with Crippen molar-refractivity contribution in [3.8, 4) is 0 Å². The molecule has 0 aliphatic heterocycles. The lowest BCUT2D eigenvalue weighted by Gasteiger charge is -2.14. The summed E-state index contributed by atoms with van der Waals surface area (Å²) < 4.78 is 0. The molecule has 0 spiro atoms. The standard InChI is InChI=1S/C11H22O/c1-5-7-9(3)8-10(4)11(12)6-2/h9-10H,5-8H2,1-4H3. The zero-order chi connectivity index (χ0) is 9.56. The molecule has 0 aromatic heterocycles. The fourth-order valence-corrected chi connectivity index (χ4v) is 1.69. The zero-order valence-corrected chi connectivity index (χ0v) is 8.89. The minimum absolute atomic E-state index is 0.275. The Hall–Kier alpha value is -0.330. The van der Waals surface area contributed by atoms with Gasteiger partial charge < -0.3 is 0 Å². The van der Waals surface area contributed by atoms with E-state index in [4.69, 9.17) is 0 Å². The second-order valence-corrected chi connectivity index (χ2v) is 3.85. The van der Waals surface area contributed by atoms with Crippen LogP contribution in [-0.4, -0.2) is 5.78 Å². The van der Waals surface area contributed by atoms with Crippen molar-refractivity contribution in [3.63, 3.8) is 0 Å². The molecule has 0 N–H and O–H groups in total. The molecule has 1 heteroatoms. The van der Waals surface area contributed by atoms with Crippen LogP contribution in [0.2, 0.25) is 0 Å². The molecule has 0 aromatic carbocycles. The minimum atomic E-state index is 0.275. The third kappa shape index (κ3) is 4.53. The number of carbonyl (C=O) groups excluding carboxylic acids is 1. The number of hydrogen-bond donors (Lipinski definition) is 0. The second-order valence-electron chi connectivity index (χ2n) is 3.85. The Morgan fingerprint density at radius 3 is 2.25 bits per heavy atom. The monoisotopic (exact) mass is 170 g/mol. The quantitative estimate of drug-likeness (QED) is 0.597. The Labute approximate surface area is 76.6 Å². The predicted octanol–water partition coefficient (Wildman–Crippen LogP) is 3.43. The summed E-state index contributed by atoms with van der Waals surface area (Å²) in [5, 5.41) is 0. The van der Waals surface area contributed by atoms with Gasteiger partial charge in [-0.3, -0.25) is 4.79 Å². The molecule has 1 nitrogen and oxygen atoms in total. The largest absolute Gasteiger partial charge is 0.299 e. The molecule has 0 radical (unpaired) electrons. The molecule has 0 bridgehead atoms. The van der Waals surface area contributed by atoms with Crippen LogP contribution < -0.4 is 0 Å². The molecule has 72 valence electrons. The van der Waals surface area contributed by atoms with E-state index in [2.05, 4.69) is 20.8 Å². The first-order valence-electron chi connectivity index (χ1n) is 5.14. The van der Waals surface area contributed by atoms with Crippen LogP contribution in [0.3, 0.4) is 0 Å². The smallest absolute Gasteiger partial charge is 0.135 e. The van der Waals surface area contributed by atoms with E-state index in [1.807, 2.05) is 6.92 Å². The number of ketones is 1. The van der Waals surface area contributed by atoms with E-state index in [-0.39, 0.29) is 5.92 Å². The van der Waals surface area contributed by atoms with Gasteiger partial charge in [0.05, 0.1) is 0 Å². The lowest BCUT2D eigenvalue weighted by molar-refractivity contribution is -0.122. The lowest BCUT2D eigenvalue weighted by Crippen LogP contribution is -2.13. The van der Waals surface area contributed by atoms with Crippen LogP contribution >= 0.6 is 0 Å². The lowest BCUT2D eigenvalue weighted by atomic mass is 9.90. The molecule has 12 heavy (non-hydrogen) atoms. The predicted molar refractivity (Wildman–Crippen MR) is 53.2 cm³/mol. The van der Waals surface area contributed by atoms with Crippen molar-refractivity contribution in [2.24, 2.45) is 11.8 Å². The highest BCUT2D eigenvalue weighted by molar-refractivity contribution is 5.80. The van der Waals surface area contributed by atoms with Crippen molar-refractivity contribution in [1.82, 2.24) is 0 Å². The van der Waals surface area contributed by atoms with E-state index in [0.717, 1.165) is 6.42 Å². The van der Waals surface area contributed by atoms with Gasteiger partial charge in [-0.1, -0.05) is 40.5 Å². The Balaban J connectivity index is 3.67. The molecule has 0 fully saturated rings. The molecular formula is C11H22O. The highest BCUT2D eigenvalue weighted by atomic mass is 16.1. The molecule has 2 unspecified atom stereocenters. The van der Waals surface area contributed by atoms with E-state index in [9.17, 15) is 4.79 Å². The van der Waals surface area contributed by atoms with Gasteiger partial charge in [0.15, 0.2) is 0 Å². The molecule has 2 atom stereocenters. The fourth-order valence-electron chi connectivity index (χ4n) is 1.69. The summed E-state index contributed by atoms with van der Waals surface area (Å²) in [7, 11) is 0. The van der Waals surface area contributed by atoms with Crippen molar-refractivity contribution in [3.05, 3.63) is 0 Å². The molecule has 0 aromatic rings. The van der Waals surface area contributed by atoms with Gasteiger partial charge in [-0.05, 0) is 12.3 Å². The van der Waals surface area contributed by atoms with Gasteiger partial charge in [-0.2, -0.15) is 0 Å². The molecule has 0 aliphatic carbocycles. The SMILES string of the molecule is CCCC(C)CC(C)C(=O)CC. The van der Waals surface area contributed by atoms with Crippen LogP contribution in [0.25, 0.3) is 0 Å². The van der Waals surface area contributed by atoms with Gasteiger partial charge in [-0.15, -0.1) is 0 Å². The molecule has 0 aliphatic rings. The van der Waals surface area contributed by atoms with Gasteiger partial charge in [0.25, 0.3) is 0 Å². The summed E-state index contributed by atoms with van der Waals surface area (Å²) in [6.07, 6.45) is 4.25. The second kappa shape index (κ2) is 6.22. The van der Waals surface area contributed by atoms with Gasteiger partial charge in [0.1, 0.15) is 5.78 Å². The van der Waals surface area contributed by atoms with Crippen LogP contribution in [0.5, 0.6) is 0 Å². The topological polar surface area (TPSA) is 17.1 Å². The normalized spacial score (nSPS) is 15.7. The van der Waals surface area contributed by atoms with Crippen molar-refractivity contribution < 1.29 is 4.79 Å². The molecule has 0 heterocycles. The number of Topliss-reactive ketones (excluding diaryl/α,β-unsaturated/α-hetero) is 1. The van der Waals surface area contributed by atoms with Crippen molar-refractivity contribution in [1.29, 1.82) is 0 Å². The Bertz CT molecular complexity index is 129. The summed E-state index contributed by atoms with van der Waals surface area (Å²) >= 11 is 0. The molecule has 0 rings (SSSR count). The highest BCUT2D eigenvalue weighted by Gasteiger charge is 2.13. The van der Waals surface area contributed by atoms with E-state index < -0.39 is 0 Å². The molecule has 0 saturated heterocycles. The van der Waals surface area contributed by atoms with E-state index in [0.29, 0.717) is 18.1 Å². The third-order valence-corrected chi connectivity index (χ3v) is 2.44. The van der Waals surface area contributed by atoms with Crippen LogP contribution in [0.1, 0.15) is 53.4 Å². The first-order valence-corrected chi connectivity index (χ1v) is 5.14. The minimum Gasteiger partial charge on any atom is -0.299 e. The molecule has 0 amide bonds. The third-order valence-electron chi connectivity index (χ3n) is 2.44. The molecule has 0 saturated carbocycles. The van der Waals surface area contributed by atoms with Gasteiger partial charge in [0, 0.05) is 12.3 Å². The summed E-state index contributed by atoms with van der Waals surface area (Å²) in [6.45, 7) is 8.44. The summed E-state index contributed by atoms with van der Waals surface area (Å²) in [5.41, 5.74) is 0. The van der Waals surface area contributed by atoms with Gasteiger partial charge in [0.2, 0.25) is 0 Å². The van der Waals surface area contributed by atoms with Gasteiger partial charge >= 0.3 is 0 Å². The van der Waals surface area contributed by atoms with Crippen molar-refractivity contribution in [2.75, 3.05) is 0 Å². The van der Waals surface area contributed by atoms with E-state index in [1.54, 1.807) is 0 Å². The van der Waals surface area contributed by atoms with E-state index >= 15 is 0 Å². The Morgan fingerprint density at radius 2 is 1.83 bits per heavy atom. The maximum absolute atomic E-state index is 11.3. The van der Waals surface area contributed by atoms with Crippen LogP contribution in [-0.2, 0) is 4.79 Å². The Kier molecular flexibility index (Phi) is 6.04. The van der Waals surface area contributed by atoms with Gasteiger partial charge in [-0.25, -0.2) is 0 Å². The number of carbonyl (C=O) groups is 1. The average molecular weight is 170 g/mol. The van der Waals surface area contributed by atoms with E-state index in [1.165, 1.54) is 12.8 Å². The van der Waals surface area contributed by atoms with Crippen molar-refractivity contribution >= 4 is 5.78 Å². The van der Waals surface area contributed by atoms with Crippen molar-refractivity contribution in [2.45, 2.75) is 53.4 Å². The first kappa shape index (κ1) is 11.7. The average Bonchev–Trinajstić information content (AvgIpc) is 2.03. The molecular weight excluding hydrogens is 148 g/mol. The summed E-state index contributed by atoms with van der Waals surface area (Å²) in [5.74, 6) is 1.40. The zero-order valence-electron chi connectivity index (χ0n) is 8.89. The maximum atomic E-state index is 11.3. The first-order chi connectivity index (χ1) is 5.61.